The summed E-state index contributed by atoms with van der Waals surface area (Å²) in [6.07, 6.45) is 0. The lowest BCUT2D eigenvalue weighted by Crippen LogP contribution is -1.92. The zero-order chi connectivity index (χ0) is 18.7. The van der Waals surface area contributed by atoms with E-state index in [2.05, 4.69) is 15.2 Å². The highest BCUT2D eigenvalue weighted by molar-refractivity contribution is 7.99. The monoisotopic (exact) mass is 373 g/mol. The van der Waals surface area contributed by atoms with Crippen LogP contribution in [0.2, 0.25) is 0 Å². The van der Waals surface area contributed by atoms with Crippen molar-refractivity contribution in [3.63, 3.8) is 0 Å². The van der Waals surface area contributed by atoms with Crippen LogP contribution in [0.15, 0.2) is 52.5 Å². The number of nitro benzene ring substituents is 2. The van der Waals surface area contributed by atoms with E-state index in [1.165, 1.54) is 31.4 Å². The highest BCUT2D eigenvalue weighted by Crippen LogP contribution is 2.36. The largest absolute Gasteiger partial charge is 0.495 e. The molecule has 0 saturated heterocycles. The van der Waals surface area contributed by atoms with Crippen LogP contribution in [0.4, 0.5) is 11.4 Å². The maximum Gasteiger partial charge on any atom is 0.273 e. The first-order chi connectivity index (χ1) is 12.5. The molecule has 0 spiro atoms. The molecule has 1 N–H and O–H groups in total. The molecule has 0 aliphatic heterocycles. The van der Waals surface area contributed by atoms with Crippen LogP contribution in [0, 0.1) is 20.2 Å². The second kappa shape index (κ2) is 7.19. The second-order valence-electron chi connectivity index (χ2n) is 4.97. The Morgan fingerprint density at radius 3 is 2.50 bits per heavy atom. The maximum absolute atomic E-state index is 10.9. The SMILES string of the molecule is COc1cc([N+](=O)[O-])ccc1Sc1n[nH]c(-c2cccc([N+](=O)[O-])c2)n1. The molecule has 2 aromatic carbocycles. The average molecular weight is 373 g/mol. The van der Waals surface area contributed by atoms with Crippen molar-refractivity contribution < 1.29 is 14.6 Å². The minimum atomic E-state index is -0.510. The first-order valence-electron chi connectivity index (χ1n) is 7.15. The number of non-ortho nitro benzene ring substituents is 2. The molecule has 132 valence electrons. The predicted octanol–water partition coefficient (Wildman–Crippen LogP) is 3.45. The number of nitrogens with one attached hydrogen (secondary N) is 1. The van der Waals surface area contributed by atoms with Gasteiger partial charge in [-0.1, -0.05) is 12.1 Å². The van der Waals surface area contributed by atoms with Gasteiger partial charge in [0.25, 0.3) is 11.4 Å². The predicted molar refractivity (Wildman–Crippen MR) is 92.2 cm³/mol. The molecule has 0 saturated carbocycles. The number of rotatable bonds is 6. The summed E-state index contributed by atoms with van der Waals surface area (Å²) in [4.78, 5) is 25.6. The molecule has 0 aliphatic carbocycles. The van der Waals surface area contributed by atoms with Crippen molar-refractivity contribution >= 4 is 23.1 Å². The lowest BCUT2D eigenvalue weighted by molar-refractivity contribution is -0.385. The van der Waals surface area contributed by atoms with Gasteiger partial charge < -0.3 is 4.74 Å². The van der Waals surface area contributed by atoms with Gasteiger partial charge >= 0.3 is 0 Å². The Bertz CT molecular complexity index is 990. The van der Waals surface area contributed by atoms with Crippen LogP contribution in [-0.4, -0.2) is 32.1 Å². The van der Waals surface area contributed by atoms with E-state index in [-0.39, 0.29) is 11.4 Å². The Balaban J connectivity index is 1.86. The van der Waals surface area contributed by atoms with E-state index in [9.17, 15) is 20.2 Å². The number of aromatic amines is 1. The number of ether oxygens (including phenoxy) is 1. The molecule has 11 heteroatoms. The maximum atomic E-state index is 10.9. The fraction of sp³-hybridized carbons (Fsp3) is 0.0667. The lowest BCUT2D eigenvalue weighted by atomic mass is 10.2. The molecule has 0 unspecified atom stereocenters. The number of H-pyrrole nitrogens is 1. The Kier molecular flexibility index (Phi) is 4.80. The van der Waals surface area contributed by atoms with Crippen molar-refractivity contribution in [3.8, 4) is 17.1 Å². The molecule has 1 aromatic heterocycles. The number of hydrogen-bond acceptors (Lipinski definition) is 8. The average Bonchev–Trinajstić information content (AvgIpc) is 3.10. The molecule has 0 aliphatic rings. The van der Waals surface area contributed by atoms with E-state index in [0.29, 0.717) is 27.2 Å². The van der Waals surface area contributed by atoms with E-state index in [1.54, 1.807) is 18.2 Å². The topological polar surface area (TPSA) is 137 Å². The van der Waals surface area contributed by atoms with Gasteiger partial charge in [-0.2, -0.15) is 0 Å². The molecule has 0 amide bonds. The summed E-state index contributed by atoms with van der Waals surface area (Å²) in [5.41, 5.74) is 0.387. The van der Waals surface area contributed by atoms with Crippen LogP contribution >= 0.6 is 11.8 Å². The highest BCUT2D eigenvalue weighted by Gasteiger charge is 2.15. The normalized spacial score (nSPS) is 10.5. The molecule has 1 heterocycles. The van der Waals surface area contributed by atoms with Gasteiger partial charge in [0.2, 0.25) is 5.16 Å². The van der Waals surface area contributed by atoms with Crippen LogP contribution in [0.3, 0.4) is 0 Å². The van der Waals surface area contributed by atoms with Crippen LogP contribution in [0.5, 0.6) is 5.75 Å². The van der Waals surface area contributed by atoms with E-state index in [0.717, 1.165) is 11.8 Å². The van der Waals surface area contributed by atoms with E-state index in [4.69, 9.17) is 4.74 Å². The molecule has 3 rings (SSSR count). The Hall–Kier alpha value is -3.47. The summed E-state index contributed by atoms with van der Waals surface area (Å²) >= 11 is 1.15. The van der Waals surface area contributed by atoms with Crippen molar-refractivity contribution in [2.45, 2.75) is 10.1 Å². The molecular formula is C15H11N5O5S. The Morgan fingerprint density at radius 2 is 1.81 bits per heavy atom. The zero-order valence-corrected chi connectivity index (χ0v) is 14.1. The third kappa shape index (κ3) is 3.62. The van der Waals surface area contributed by atoms with Crippen molar-refractivity contribution in [2.24, 2.45) is 0 Å². The molecule has 0 bridgehead atoms. The van der Waals surface area contributed by atoms with E-state index >= 15 is 0 Å². The molecule has 3 aromatic rings. The van der Waals surface area contributed by atoms with Gasteiger partial charge in [0, 0.05) is 23.8 Å². The summed E-state index contributed by atoms with van der Waals surface area (Å²) in [7, 11) is 1.41. The number of hydrogen-bond donors (Lipinski definition) is 1. The molecule has 26 heavy (non-hydrogen) atoms. The molecule has 0 atom stereocenters. The third-order valence-electron chi connectivity index (χ3n) is 3.35. The molecule has 0 fully saturated rings. The third-order valence-corrected chi connectivity index (χ3v) is 4.28. The van der Waals surface area contributed by atoms with Crippen LogP contribution in [0.1, 0.15) is 0 Å². The van der Waals surface area contributed by atoms with Gasteiger partial charge in [0.05, 0.1) is 27.9 Å². The van der Waals surface area contributed by atoms with Crippen molar-refractivity contribution in [3.05, 3.63) is 62.7 Å². The van der Waals surface area contributed by atoms with Crippen molar-refractivity contribution in [1.29, 1.82) is 0 Å². The summed E-state index contributed by atoms with van der Waals surface area (Å²) in [6, 6.07) is 10.2. The number of nitrogens with zero attached hydrogens (tertiary/aromatic N) is 4. The quantitative estimate of drug-likeness (QED) is 0.512. The summed E-state index contributed by atoms with van der Waals surface area (Å²) in [5.74, 6) is 0.697. The molecule has 10 nitrogen and oxygen atoms in total. The molecular weight excluding hydrogens is 362 g/mol. The van der Waals surface area contributed by atoms with Crippen LogP contribution in [-0.2, 0) is 0 Å². The first-order valence-corrected chi connectivity index (χ1v) is 7.97. The fourth-order valence-electron chi connectivity index (χ4n) is 2.14. The zero-order valence-electron chi connectivity index (χ0n) is 13.3. The van der Waals surface area contributed by atoms with Gasteiger partial charge in [0.1, 0.15) is 5.75 Å². The van der Waals surface area contributed by atoms with Gasteiger partial charge in [-0.05, 0) is 17.8 Å². The number of aromatic nitrogens is 3. The Morgan fingerprint density at radius 1 is 1.08 bits per heavy atom. The minimum Gasteiger partial charge on any atom is -0.495 e. The molecule has 0 radical (unpaired) electrons. The lowest BCUT2D eigenvalue weighted by Gasteiger charge is -2.05. The van der Waals surface area contributed by atoms with Gasteiger partial charge in [-0.3, -0.25) is 25.3 Å². The van der Waals surface area contributed by atoms with Gasteiger partial charge in [-0.25, -0.2) is 4.98 Å². The number of methoxy groups -OCH3 is 1. The van der Waals surface area contributed by atoms with Gasteiger partial charge in [-0.15, -0.1) is 5.10 Å². The standard InChI is InChI=1S/C15H11N5O5S/c1-25-12-8-11(20(23)24)5-6-13(12)26-15-16-14(17-18-15)9-3-2-4-10(7-9)19(21)22/h2-8H,1H3,(H,16,17,18). The van der Waals surface area contributed by atoms with E-state index in [1.807, 2.05) is 0 Å². The summed E-state index contributed by atoms with van der Waals surface area (Å²) in [6.45, 7) is 0. The number of benzene rings is 2. The summed E-state index contributed by atoms with van der Waals surface area (Å²) in [5, 5.41) is 28.8. The van der Waals surface area contributed by atoms with Crippen molar-refractivity contribution in [2.75, 3.05) is 7.11 Å². The fourth-order valence-corrected chi connectivity index (χ4v) is 2.94. The van der Waals surface area contributed by atoms with Crippen molar-refractivity contribution in [1.82, 2.24) is 15.2 Å². The Labute approximate surface area is 150 Å². The second-order valence-corrected chi connectivity index (χ2v) is 5.98. The summed E-state index contributed by atoms with van der Waals surface area (Å²) < 4.78 is 5.18. The first kappa shape index (κ1) is 17.4. The van der Waals surface area contributed by atoms with Crippen LogP contribution in [0.25, 0.3) is 11.4 Å². The van der Waals surface area contributed by atoms with Gasteiger partial charge in [0.15, 0.2) is 5.82 Å². The van der Waals surface area contributed by atoms with E-state index < -0.39 is 9.85 Å². The highest BCUT2D eigenvalue weighted by atomic mass is 32.2. The minimum absolute atomic E-state index is 0.0508. The number of nitro groups is 2. The smallest absolute Gasteiger partial charge is 0.273 e. The van der Waals surface area contributed by atoms with Crippen LogP contribution < -0.4 is 4.74 Å².